The maximum atomic E-state index is 2.24. The Balaban J connectivity index is -0.000000138. The summed E-state index contributed by atoms with van der Waals surface area (Å²) in [5.41, 5.74) is 0.542. The van der Waals surface area contributed by atoms with Gasteiger partial charge in [0.15, 0.2) is 0 Å². The van der Waals surface area contributed by atoms with E-state index in [1.54, 1.807) is 0 Å². The largest absolute Gasteiger partial charge is 0.0656 e. The number of hydrogen-bond acceptors (Lipinski definition) is 0. The van der Waals surface area contributed by atoms with E-state index in [9.17, 15) is 0 Å². The van der Waals surface area contributed by atoms with E-state index in [1.165, 1.54) is 19.3 Å². The average molecular weight is 202 g/mol. The van der Waals surface area contributed by atoms with Gasteiger partial charge in [-0.2, -0.15) is 0 Å². The van der Waals surface area contributed by atoms with Gasteiger partial charge in [0.2, 0.25) is 0 Å². The van der Waals surface area contributed by atoms with Gasteiger partial charge in [-0.1, -0.05) is 81.6 Å². The van der Waals surface area contributed by atoms with Gasteiger partial charge in [0.25, 0.3) is 0 Å². The molecule has 0 heteroatoms. The molecule has 0 fully saturated rings. The van der Waals surface area contributed by atoms with Crippen LogP contribution in [0, 0.1) is 11.3 Å². The quantitative estimate of drug-likeness (QED) is 0.496. The monoisotopic (exact) mass is 202 g/mol. The molecule has 0 aromatic rings. The highest BCUT2D eigenvalue weighted by molar-refractivity contribution is 4.55. The van der Waals surface area contributed by atoms with E-state index < -0.39 is 0 Å². The van der Waals surface area contributed by atoms with Crippen molar-refractivity contribution in [2.75, 3.05) is 0 Å². The third kappa shape index (κ3) is 58.1. The molecular formula is C14H34. The molecule has 0 aliphatic rings. The van der Waals surface area contributed by atoms with Crippen LogP contribution in [0.1, 0.15) is 81.6 Å². The molecule has 0 rings (SSSR count). The summed E-state index contributed by atoms with van der Waals surface area (Å²) in [6.45, 7) is 19.8. The van der Waals surface area contributed by atoms with Crippen molar-refractivity contribution in [2.24, 2.45) is 11.3 Å². The number of rotatable bonds is 1. The van der Waals surface area contributed by atoms with Crippen LogP contribution in [0.5, 0.6) is 0 Å². The summed E-state index contributed by atoms with van der Waals surface area (Å²) >= 11 is 0. The lowest BCUT2D eigenvalue weighted by atomic mass is 9.94. The minimum atomic E-state index is 0.542. The highest BCUT2D eigenvalue weighted by Gasteiger charge is 2.03. The Morgan fingerprint density at radius 3 is 1.00 bits per heavy atom. The van der Waals surface area contributed by atoms with Crippen LogP contribution in [0.2, 0.25) is 0 Å². The van der Waals surface area contributed by atoms with Crippen molar-refractivity contribution in [3.63, 3.8) is 0 Å². The van der Waals surface area contributed by atoms with Crippen LogP contribution in [0.25, 0.3) is 0 Å². The standard InChI is InChI=1S/C6H14.C5H12.C3H8/c1-5-6(2,3)4;1-4-5(2)3;1-3-2/h5H2,1-4H3;5H,4H2,1-3H3;3H2,1-2H3. The Hall–Kier alpha value is 0. The molecule has 0 aromatic carbocycles. The van der Waals surface area contributed by atoms with Gasteiger partial charge < -0.3 is 0 Å². The Kier molecular flexibility index (Phi) is 18.2. The molecule has 0 heterocycles. The first-order chi connectivity index (χ1) is 6.24. The van der Waals surface area contributed by atoms with Gasteiger partial charge in [-0.05, 0) is 11.3 Å². The summed E-state index contributed by atoms with van der Waals surface area (Å²) in [4.78, 5) is 0. The second-order valence-electron chi connectivity index (χ2n) is 5.42. The topological polar surface area (TPSA) is 0 Å². The van der Waals surface area contributed by atoms with Gasteiger partial charge in [-0.25, -0.2) is 0 Å². The average Bonchev–Trinajstić information content (AvgIpc) is 2.06. The minimum absolute atomic E-state index is 0.542. The fourth-order valence-electron chi connectivity index (χ4n) is 0. The second kappa shape index (κ2) is 13.0. The lowest BCUT2D eigenvalue weighted by Gasteiger charge is -2.12. The molecular weight excluding hydrogens is 168 g/mol. The van der Waals surface area contributed by atoms with Crippen LogP contribution in [-0.4, -0.2) is 0 Å². The molecule has 0 aromatic heterocycles. The zero-order chi connectivity index (χ0) is 12.2. The molecule has 0 aliphatic carbocycles. The molecule has 0 N–H and O–H groups in total. The van der Waals surface area contributed by atoms with E-state index in [1.807, 2.05) is 0 Å². The molecule has 0 unspecified atom stereocenters. The molecule has 0 saturated carbocycles. The third-order valence-electron chi connectivity index (χ3n) is 1.88. The van der Waals surface area contributed by atoms with Crippen LogP contribution in [0.4, 0.5) is 0 Å². The predicted octanol–water partition coefficient (Wildman–Crippen LogP) is 5.91. The van der Waals surface area contributed by atoms with Crippen molar-refractivity contribution in [3.05, 3.63) is 0 Å². The SMILES string of the molecule is CCC.CCC(C)(C)C.CCC(C)C. The Morgan fingerprint density at radius 2 is 1.00 bits per heavy atom. The van der Waals surface area contributed by atoms with Crippen LogP contribution >= 0.6 is 0 Å². The molecule has 0 atom stereocenters. The first kappa shape index (κ1) is 19.6. The van der Waals surface area contributed by atoms with E-state index >= 15 is 0 Å². The molecule has 0 spiro atoms. The van der Waals surface area contributed by atoms with Gasteiger partial charge in [0.1, 0.15) is 0 Å². The first-order valence-corrected chi connectivity index (χ1v) is 6.24. The summed E-state index contributed by atoms with van der Waals surface area (Å²) in [6.07, 6.45) is 3.83. The van der Waals surface area contributed by atoms with Crippen LogP contribution < -0.4 is 0 Å². The Morgan fingerprint density at radius 1 is 0.857 bits per heavy atom. The lowest BCUT2D eigenvalue weighted by Crippen LogP contribution is -2.00. The summed E-state index contributed by atoms with van der Waals surface area (Å²) in [7, 11) is 0. The van der Waals surface area contributed by atoms with Crippen molar-refractivity contribution in [1.82, 2.24) is 0 Å². The molecule has 0 amide bonds. The fraction of sp³-hybridized carbons (Fsp3) is 1.00. The summed E-state index contributed by atoms with van der Waals surface area (Å²) < 4.78 is 0. The van der Waals surface area contributed by atoms with Crippen molar-refractivity contribution >= 4 is 0 Å². The van der Waals surface area contributed by atoms with E-state index in [-0.39, 0.29) is 0 Å². The molecule has 0 bridgehead atoms. The Bertz CT molecular complexity index is 74.5. The van der Waals surface area contributed by atoms with E-state index in [4.69, 9.17) is 0 Å². The highest BCUT2D eigenvalue weighted by Crippen LogP contribution is 2.16. The predicted molar refractivity (Wildman–Crippen MR) is 70.8 cm³/mol. The van der Waals surface area contributed by atoms with Crippen molar-refractivity contribution in [2.45, 2.75) is 81.6 Å². The molecule has 0 saturated heterocycles. The first-order valence-electron chi connectivity index (χ1n) is 6.24. The minimum Gasteiger partial charge on any atom is -0.0656 e. The van der Waals surface area contributed by atoms with Crippen molar-refractivity contribution in [3.8, 4) is 0 Å². The van der Waals surface area contributed by atoms with Crippen LogP contribution in [-0.2, 0) is 0 Å². The van der Waals surface area contributed by atoms with Gasteiger partial charge in [-0.3, -0.25) is 0 Å². The van der Waals surface area contributed by atoms with Gasteiger partial charge in [-0.15, -0.1) is 0 Å². The normalized spacial score (nSPS) is 9.86. The zero-order valence-electron chi connectivity index (χ0n) is 12.2. The molecule has 0 aliphatic heterocycles. The molecule has 0 nitrogen and oxygen atoms in total. The van der Waals surface area contributed by atoms with Crippen molar-refractivity contribution < 1.29 is 0 Å². The van der Waals surface area contributed by atoms with E-state index in [0.29, 0.717) is 5.41 Å². The summed E-state index contributed by atoms with van der Waals surface area (Å²) in [5.74, 6) is 0.884. The lowest BCUT2D eigenvalue weighted by molar-refractivity contribution is 0.398. The highest BCUT2D eigenvalue weighted by atomic mass is 14.1. The van der Waals surface area contributed by atoms with Crippen molar-refractivity contribution in [1.29, 1.82) is 0 Å². The van der Waals surface area contributed by atoms with Gasteiger partial charge >= 0.3 is 0 Å². The fourth-order valence-corrected chi connectivity index (χ4v) is 0. The molecule has 90 valence electrons. The van der Waals surface area contributed by atoms with E-state index in [0.717, 1.165) is 5.92 Å². The van der Waals surface area contributed by atoms with Crippen LogP contribution in [0.15, 0.2) is 0 Å². The molecule has 14 heavy (non-hydrogen) atoms. The summed E-state index contributed by atoms with van der Waals surface area (Å²) in [5, 5.41) is 0. The Labute approximate surface area is 93.5 Å². The smallest absolute Gasteiger partial charge is 0.0385 e. The molecule has 0 radical (unpaired) electrons. The maximum absolute atomic E-state index is 2.24. The maximum Gasteiger partial charge on any atom is -0.0385 e. The second-order valence-corrected chi connectivity index (χ2v) is 5.42. The van der Waals surface area contributed by atoms with Gasteiger partial charge in [0, 0.05) is 0 Å². The van der Waals surface area contributed by atoms with Gasteiger partial charge in [0.05, 0.1) is 0 Å². The number of hydrogen-bond donors (Lipinski definition) is 0. The summed E-state index contributed by atoms with van der Waals surface area (Å²) in [6, 6.07) is 0. The van der Waals surface area contributed by atoms with E-state index in [2.05, 4.69) is 62.3 Å². The zero-order valence-corrected chi connectivity index (χ0v) is 12.2. The third-order valence-corrected chi connectivity index (χ3v) is 1.88. The van der Waals surface area contributed by atoms with Crippen LogP contribution in [0.3, 0.4) is 0 Å².